The van der Waals surface area contributed by atoms with Gasteiger partial charge in [0.15, 0.2) is 5.96 Å². The van der Waals surface area contributed by atoms with Crippen molar-refractivity contribution in [1.82, 2.24) is 15.6 Å². The second kappa shape index (κ2) is 8.89. The van der Waals surface area contributed by atoms with Gasteiger partial charge < -0.3 is 19.5 Å². The molecule has 6 nitrogen and oxygen atoms in total. The van der Waals surface area contributed by atoms with Gasteiger partial charge in [0.1, 0.15) is 17.7 Å². The average molecular weight is 352 g/mol. The van der Waals surface area contributed by atoms with E-state index in [2.05, 4.69) is 27.5 Å². The lowest BCUT2D eigenvalue weighted by Crippen LogP contribution is -2.38. The van der Waals surface area contributed by atoms with Gasteiger partial charge in [0.25, 0.3) is 0 Å². The van der Waals surface area contributed by atoms with Crippen molar-refractivity contribution in [2.45, 2.75) is 26.8 Å². The van der Waals surface area contributed by atoms with Gasteiger partial charge in [-0.15, -0.1) is 0 Å². The van der Waals surface area contributed by atoms with Gasteiger partial charge in [-0.25, -0.2) is 9.98 Å². The molecule has 0 aliphatic carbocycles. The zero-order chi connectivity index (χ0) is 18.2. The van der Waals surface area contributed by atoms with Crippen LogP contribution in [0.3, 0.4) is 0 Å². The molecule has 2 aromatic heterocycles. The number of aromatic nitrogens is 1. The lowest BCUT2D eigenvalue weighted by Gasteiger charge is -2.10. The van der Waals surface area contributed by atoms with Crippen molar-refractivity contribution in [3.05, 3.63) is 65.9 Å². The Kier molecular flexibility index (Phi) is 6.09. The van der Waals surface area contributed by atoms with Crippen LogP contribution in [0.25, 0.3) is 11.5 Å². The highest BCUT2D eigenvalue weighted by molar-refractivity contribution is 5.79. The Morgan fingerprint density at radius 1 is 1.12 bits per heavy atom. The normalized spacial score (nSPS) is 11.5. The molecule has 0 saturated carbocycles. The third-order valence-corrected chi connectivity index (χ3v) is 3.84. The molecule has 0 atom stereocenters. The van der Waals surface area contributed by atoms with Crippen LogP contribution < -0.4 is 10.6 Å². The van der Waals surface area contributed by atoms with E-state index in [1.54, 1.807) is 12.5 Å². The Hall–Kier alpha value is -3.02. The van der Waals surface area contributed by atoms with Crippen LogP contribution in [-0.4, -0.2) is 24.0 Å². The van der Waals surface area contributed by atoms with E-state index >= 15 is 0 Å². The highest BCUT2D eigenvalue weighted by Gasteiger charge is 2.07. The van der Waals surface area contributed by atoms with Gasteiger partial charge in [-0.2, -0.15) is 0 Å². The van der Waals surface area contributed by atoms with Crippen molar-refractivity contribution in [2.75, 3.05) is 13.1 Å². The van der Waals surface area contributed by atoms with Crippen molar-refractivity contribution in [3.8, 4) is 11.5 Å². The maximum absolute atomic E-state index is 5.58. The molecule has 0 aliphatic rings. The molecule has 0 fully saturated rings. The molecule has 0 spiro atoms. The van der Waals surface area contributed by atoms with Gasteiger partial charge in [-0.05, 0) is 38.1 Å². The fourth-order valence-corrected chi connectivity index (χ4v) is 2.47. The molecule has 2 N–H and O–H groups in total. The summed E-state index contributed by atoms with van der Waals surface area (Å²) in [6.45, 7) is 6.08. The minimum Gasteiger partial charge on any atom is -0.469 e. The second-order valence-corrected chi connectivity index (χ2v) is 5.96. The van der Waals surface area contributed by atoms with Gasteiger partial charge >= 0.3 is 0 Å². The number of rotatable bonds is 7. The number of guanidine groups is 1. The number of nitrogens with one attached hydrogen (secondary N) is 2. The zero-order valence-electron chi connectivity index (χ0n) is 15.2. The SMILES string of the molecule is CCNC(=NCc1coc(-c2ccc(C)cc2)n1)NCCc1ccco1. The first-order valence-electron chi connectivity index (χ1n) is 8.80. The number of furan rings is 1. The third-order valence-electron chi connectivity index (χ3n) is 3.84. The zero-order valence-corrected chi connectivity index (χ0v) is 15.2. The highest BCUT2D eigenvalue weighted by atomic mass is 16.3. The first kappa shape index (κ1) is 17.8. The summed E-state index contributed by atoms with van der Waals surface area (Å²) in [5.41, 5.74) is 2.97. The van der Waals surface area contributed by atoms with Gasteiger partial charge in [-0.1, -0.05) is 17.7 Å². The molecule has 1 aromatic carbocycles. The molecule has 0 radical (unpaired) electrons. The van der Waals surface area contributed by atoms with Crippen molar-refractivity contribution < 1.29 is 8.83 Å². The van der Waals surface area contributed by atoms with E-state index in [4.69, 9.17) is 8.83 Å². The van der Waals surface area contributed by atoms with Crippen LogP contribution >= 0.6 is 0 Å². The Balaban J connectivity index is 1.57. The van der Waals surface area contributed by atoms with Crippen molar-refractivity contribution >= 4 is 5.96 Å². The number of oxazole rings is 1. The quantitative estimate of drug-likeness (QED) is 0.502. The molecular formula is C20H24N4O2. The number of nitrogens with zero attached hydrogens (tertiary/aromatic N) is 2. The number of aliphatic imine (C=N–C) groups is 1. The maximum Gasteiger partial charge on any atom is 0.226 e. The van der Waals surface area contributed by atoms with E-state index in [1.165, 1.54) is 5.56 Å². The number of aryl methyl sites for hydroxylation is 1. The third kappa shape index (κ3) is 4.99. The Morgan fingerprint density at radius 2 is 1.96 bits per heavy atom. The van der Waals surface area contributed by atoms with Crippen LogP contribution in [0.15, 0.2) is 62.8 Å². The fourth-order valence-electron chi connectivity index (χ4n) is 2.47. The van der Waals surface area contributed by atoms with Gasteiger partial charge in [-0.3, -0.25) is 0 Å². The molecule has 0 amide bonds. The summed E-state index contributed by atoms with van der Waals surface area (Å²) in [6.07, 6.45) is 4.15. The van der Waals surface area contributed by atoms with Crippen LogP contribution in [0.2, 0.25) is 0 Å². The highest BCUT2D eigenvalue weighted by Crippen LogP contribution is 2.19. The van der Waals surface area contributed by atoms with Crippen LogP contribution in [0.1, 0.15) is 23.9 Å². The summed E-state index contributed by atoms with van der Waals surface area (Å²) >= 11 is 0. The Morgan fingerprint density at radius 3 is 2.69 bits per heavy atom. The predicted molar refractivity (Wildman–Crippen MR) is 102 cm³/mol. The van der Waals surface area contributed by atoms with E-state index in [0.717, 1.165) is 42.5 Å². The number of benzene rings is 1. The van der Waals surface area contributed by atoms with Crippen LogP contribution in [0.5, 0.6) is 0 Å². The molecule has 0 bridgehead atoms. The fraction of sp³-hybridized carbons (Fsp3) is 0.300. The minimum atomic E-state index is 0.450. The summed E-state index contributed by atoms with van der Waals surface area (Å²) in [4.78, 5) is 9.08. The topological polar surface area (TPSA) is 75.6 Å². The van der Waals surface area contributed by atoms with Crippen LogP contribution in [0.4, 0.5) is 0 Å². The van der Waals surface area contributed by atoms with Crippen molar-refractivity contribution in [3.63, 3.8) is 0 Å². The molecule has 136 valence electrons. The molecule has 0 saturated heterocycles. The summed E-state index contributed by atoms with van der Waals surface area (Å²) in [5.74, 6) is 2.32. The van der Waals surface area contributed by atoms with E-state index in [0.29, 0.717) is 12.4 Å². The van der Waals surface area contributed by atoms with E-state index in [1.807, 2.05) is 43.3 Å². The first-order chi connectivity index (χ1) is 12.7. The molecule has 3 rings (SSSR count). The molecule has 0 aliphatic heterocycles. The molecule has 0 unspecified atom stereocenters. The van der Waals surface area contributed by atoms with Gasteiger partial charge in [0.2, 0.25) is 5.89 Å². The molecule has 2 heterocycles. The first-order valence-corrected chi connectivity index (χ1v) is 8.80. The monoisotopic (exact) mass is 352 g/mol. The molecule has 26 heavy (non-hydrogen) atoms. The van der Waals surface area contributed by atoms with Crippen LogP contribution in [-0.2, 0) is 13.0 Å². The summed E-state index contributed by atoms with van der Waals surface area (Å²) in [7, 11) is 0. The Bertz CT molecular complexity index is 820. The molecule has 6 heteroatoms. The maximum atomic E-state index is 5.58. The lowest BCUT2D eigenvalue weighted by atomic mass is 10.1. The summed E-state index contributed by atoms with van der Waals surface area (Å²) in [6, 6.07) is 12.0. The summed E-state index contributed by atoms with van der Waals surface area (Å²) in [5, 5.41) is 6.52. The molecule has 3 aromatic rings. The Labute approximate surface area is 153 Å². The number of hydrogen-bond acceptors (Lipinski definition) is 4. The standard InChI is InChI=1S/C20H24N4O2/c1-3-21-20(22-11-10-18-5-4-12-25-18)23-13-17-14-26-19(24-17)16-8-6-15(2)7-9-16/h4-9,12,14H,3,10-11,13H2,1-2H3,(H2,21,22,23). The van der Waals surface area contributed by atoms with Gasteiger partial charge in [0, 0.05) is 25.1 Å². The lowest BCUT2D eigenvalue weighted by molar-refractivity contribution is 0.507. The molecular weight excluding hydrogens is 328 g/mol. The largest absolute Gasteiger partial charge is 0.469 e. The van der Waals surface area contributed by atoms with Crippen molar-refractivity contribution in [2.24, 2.45) is 4.99 Å². The number of hydrogen-bond donors (Lipinski definition) is 2. The average Bonchev–Trinajstić information content (AvgIpc) is 3.32. The van der Waals surface area contributed by atoms with E-state index in [-0.39, 0.29) is 0 Å². The van der Waals surface area contributed by atoms with Gasteiger partial charge in [0.05, 0.1) is 12.8 Å². The van der Waals surface area contributed by atoms with Crippen LogP contribution in [0, 0.1) is 6.92 Å². The smallest absolute Gasteiger partial charge is 0.226 e. The van der Waals surface area contributed by atoms with Crippen molar-refractivity contribution in [1.29, 1.82) is 0 Å². The summed E-state index contributed by atoms with van der Waals surface area (Å²) < 4.78 is 10.9. The minimum absolute atomic E-state index is 0.450. The predicted octanol–water partition coefficient (Wildman–Crippen LogP) is 3.54. The van der Waals surface area contributed by atoms with E-state index in [9.17, 15) is 0 Å². The second-order valence-electron chi connectivity index (χ2n) is 5.96. The van der Waals surface area contributed by atoms with E-state index < -0.39 is 0 Å².